The van der Waals surface area contributed by atoms with Gasteiger partial charge in [0.25, 0.3) is 0 Å². The van der Waals surface area contributed by atoms with E-state index in [1.54, 1.807) is 7.11 Å². The number of ether oxygens (including phenoxy) is 1. The van der Waals surface area contributed by atoms with Gasteiger partial charge < -0.3 is 15.4 Å². The largest absolute Gasteiger partial charge is 0.497 e. The first-order chi connectivity index (χ1) is 12.6. The molecule has 0 saturated carbocycles. The number of aryl methyl sites for hydroxylation is 2. The van der Waals surface area contributed by atoms with Crippen molar-refractivity contribution in [3.63, 3.8) is 0 Å². The summed E-state index contributed by atoms with van der Waals surface area (Å²) >= 11 is 0. The third-order valence-corrected chi connectivity index (χ3v) is 4.01. The number of hydrogen-bond donors (Lipinski definition) is 2. The second kappa shape index (κ2) is 8.34. The van der Waals surface area contributed by atoms with E-state index in [-0.39, 0.29) is 0 Å². The molecule has 1 heterocycles. The summed E-state index contributed by atoms with van der Waals surface area (Å²) in [7, 11) is 1.68. The van der Waals surface area contributed by atoms with Gasteiger partial charge in [0.15, 0.2) is 0 Å². The van der Waals surface area contributed by atoms with E-state index in [9.17, 15) is 0 Å². The van der Waals surface area contributed by atoms with Gasteiger partial charge in [-0.2, -0.15) is 4.98 Å². The molecule has 5 nitrogen and oxygen atoms in total. The first kappa shape index (κ1) is 17.7. The van der Waals surface area contributed by atoms with Crippen LogP contribution in [-0.4, -0.2) is 23.6 Å². The van der Waals surface area contributed by atoms with Crippen LogP contribution in [0.5, 0.6) is 5.75 Å². The Balaban J connectivity index is 1.61. The minimum Gasteiger partial charge on any atom is -0.497 e. The van der Waals surface area contributed by atoms with E-state index in [0.29, 0.717) is 5.95 Å². The van der Waals surface area contributed by atoms with E-state index in [1.165, 1.54) is 11.1 Å². The van der Waals surface area contributed by atoms with Gasteiger partial charge >= 0.3 is 0 Å². The van der Waals surface area contributed by atoms with Gasteiger partial charge in [-0.1, -0.05) is 24.3 Å². The van der Waals surface area contributed by atoms with Crippen LogP contribution in [0.2, 0.25) is 0 Å². The zero-order valence-electron chi connectivity index (χ0n) is 15.4. The van der Waals surface area contributed by atoms with Gasteiger partial charge in [-0.05, 0) is 55.7 Å². The predicted molar refractivity (Wildman–Crippen MR) is 106 cm³/mol. The highest BCUT2D eigenvalue weighted by atomic mass is 16.5. The number of benzene rings is 2. The molecule has 0 aliphatic heterocycles. The molecular formula is C21H24N4O. The van der Waals surface area contributed by atoms with E-state index in [1.807, 2.05) is 37.3 Å². The predicted octanol–water partition coefficient (Wildman–Crippen LogP) is 4.50. The molecule has 0 atom stereocenters. The van der Waals surface area contributed by atoms with E-state index in [4.69, 9.17) is 4.74 Å². The first-order valence-corrected chi connectivity index (χ1v) is 8.68. The average Bonchev–Trinajstić information content (AvgIpc) is 2.62. The highest BCUT2D eigenvalue weighted by Crippen LogP contribution is 2.17. The number of nitrogens with one attached hydrogen (secondary N) is 2. The molecule has 0 bridgehead atoms. The summed E-state index contributed by atoms with van der Waals surface area (Å²) in [5.74, 6) is 2.30. The van der Waals surface area contributed by atoms with E-state index >= 15 is 0 Å². The van der Waals surface area contributed by atoms with Crippen LogP contribution in [0.4, 0.5) is 17.5 Å². The number of nitrogens with zero attached hydrogens (tertiary/aromatic N) is 2. The van der Waals surface area contributed by atoms with Crippen molar-refractivity contribution in [1.82, 2.24) is 9.97 Å². The van der Waals surface area contributed by atoms with Crippen molar-refractivity contribution in [1.29, 1.82) is 0 Å². The van der Waals surface area contributed by atoms with Crippen molar-refractivity contribution in [2.75, 3.05) is 24.3 Å². The standard InChI is InChI=1S/C21H24N4O/c1-15-5-4-6-18(13-15)24-21-23-16(2)14-20(25-21)22-12-11-17-7-9-19(26-3)10-8-17/h4-10,13-14H,11-12H2,1-3H3,(H2,22,23,24,25). The molecule has 26 heavy (non-hydrogen) atoms. The number of hydrogen-bond acceptors (Lipinski definition) is 5. The quantitative estimate of drug-likeness (QED) is 0.658. The average molecular weight is 348 g/mol. The smallest absolute Gasteiger partial charge is 0.229 e. The Morgan fingerprint density at radius 3 is 2.50 bits per heavy atom. The molecule has 2 N–H and O–H groups in total. The van der Waals surface area contributed by atoms with Gasteiger partial charge in [-0.15, -0.1) is 0 Å². The maximum absolute atomic E-state index is 5.19. The third-order valence-electron chi connectivity index (χ3n) is 4.01. The van der Waals surface area contributed by atoms with Gasteiger partial charge in [0.05, 0.1) is 7.11 Å². The molecule has 3 rings (SSSR count). The molecule has 0 aliphatic carbocycles. The van der Waals surface area contributed by atoms with Crippen LogP contribution in [0.15, 0.2) is 54.6 Å². The molecule has 1 aromatic heterocycles. The molecule has 3 aromatic rings. The molecule has 0 aliphatic rings. The lowest BCUT2D eigenvalue weighted by molar-refractivity contribution is 0.414. The first-order valence-electron chi connectivity index (χ1n) is 8.68. The summed E-state index contributed by atoms with van der Waals surface area (Å²) < 4.78 is 5.19. The van der Waals surface area contributed by atoms with Crippen LogP contribution in [0.25, 0.3) is 0 Å². The second-order valence-electron chi connectivity index (χ2n) is 6.24. The van der Waals surface area contributed by atoms with Crippen LogP contribution in [-0.2, 0) is 6.42 Å². The van der Waals surface area contributed by atoms with E-state index in [0.717, 1.165) is 35.9 Å². The van der Waals surface area contributed by atoms with Gasteiger partial charge in [0, 0.05) is 24.0 Å². The van der Waals surface area contributed by atoms with Crippen molar-refractivity contribution >= 4 is 17.5 Å². The minimum absolute atomic E-state index is 0.600. The summed E-state index contributed by atoms with van der Waals surface area (Å²) in [6.07, 6.45) is 0.910. The van der Waals surface area contributed by atoms with Crippen LogP contribution >= 0.6 is 0 Å². The summed E-state index contributed by atoms with van der Waals surface area (Å²) in [6.45, 7) is 4.83. The lowest BCUT2D eigenvalue weighted by Crippen LogP contribution is -2.08. The SMILES string of the molecule is COc1ccc(CCNc2cc(C)nc(Nc3cccc(C)c3)n2)cc1. The fourth-order valence-electron chi connectivity index (χ4n) is 2.69. The van der Waals surface area contributed by atoms with Crippen molar-refractivity contribution in [2.24, 2.45) is 0 Å². The van der Waals surface area contributed by atoms with Crippen LogP contribution in [0, 0.1) is 13.8 Å². The fourth-order valence-corrected chi connectivity index (χ4v) is 2.69. The van der Waals surface area contributed by atoms with Gasteiger partial charge in [0.2, 0.25) is 5.95 Å². The number of anilines is 3. The van der Waals surface area contributed by atoms with Crippen LogP contribution < -0.4 is 15.4 Å². The van der Waals surface area contributed by atoms with E-state index in [2.05, 4.69) is 51.8 Å². The Morgan fingerprint density at radius 1 is 0.962 bits per heavy atom. The third kappa shape index (κ3) is 4.96. The Labute approximate surface area is 154 Å². The molecule has 0 saturated heterocycles. The second-order valence-corrected chi connectivity index (χ2v) is 6.24. The molecular weight excluding hydrogens is 324 g/mol. The summed E-state index contributed by atoms with van der Waals surface area (Å²) in [4.78, 5) is 9.03. The lowest BCUT2D eigenvalue weighted by Gasteiger charge is -2.10. The van der Waals surface area contributed by atoms with Crippen LogP contribution in [0.1, 0.15) is 16.8 Å². The molecule has 0 unspecified atom stereocenters. The van der Waals surface area contributed by atoms with Gasteiger partial charge in [0.1, 0.15) is 11.6 Å². The monoisotopic (exact) mass is 348 g/mol. The molecule has 0 amide bonds. The normalized spacial score (nSPS) is 10.4. The molecule has 0 radical (unpaired) electrons. The highest BCUT2D eigenvalue weighted by Gasteiger charge is 2.03. The summed E-state index contributed by atoms with van der Waals surface area (Å²) in [6, 6.07) is 18.2. The number of aromatic nitrogens is 2. The van der Waals surface area contributed by atoms with Crippen LogP contribution in [0.3, 0.4) is 0 Å². The van der Waals surface area contributed by atoms with Crippen molar-refractivity contribution in [3.8, 4) is 5.75 Å². The minimum atomic E-state index is 0.600. The van der Waals surface area contributed by atoms with E-state index < -0.39 is 0 Å². The Hall–Kier alpha value is -3.08. The maximum Gasteiger partial charge on any atom is 0.229 e. The van der Waals surface area contributed by atoms with Crippen molar-refractivity contribution in [2.45, 2.75) is 20.3 Å². The van der Waals surface area contributed by atoms with Crippen molar-refractivity contribution < 1.29 is 4.74 Å². The molecule has 0 spiro atoms. The zero-order chi connectivity index (χ0) is 18.4. The zero-order valence-corrected chi connectivity index (χ0v) is 15.4. The lowest BCUT2D eigenvalue weighted by atomic mass is 10.1. The van der Waals surface area contributed by atoms with Gasteiger partial charge in [-0.3, -0.25) is 0 Å². The topological polar surface area (TPSA) is 59.1 Å². The Morgan fingerprint density at radius 2 is 1.77 bits per heavy atom. The summed E-state index contributed by atoms with van der Waals surface area (Å²) in [5, 5.41) is 6.65. The fraction of sp³-hybridized carbons (Fsp3) is 0.238. The number of rotatable bonds is 7. The highest BCUT2D eigenvalue weighted by molar-refractivity contribution is 5.56. The summed E-state index contributed by atoms with van der Waals surface area (Å²) in [5.41, 5.74) is 4.35. The molecule has 2 aromatic carbocycles. The Kier molecular flexibility index (Phi) is 5.69. The molecule has 134 valence electrons. The van der Waals surface area contributed by atoms with Crippen molar-refractivity contribution in [3.05, 3.63) is 71.4 Å². The maximum atomic E-state index is 5.19. The van der Waals surface area contributed by atoms with Gasteiger partial charge in [-0.25, -0.2) is 4.98 Å². The Bertz CT molecular complexity index is 862. The number of methoxy groups -OCH3 is 1. The molecule has 0 fully saturated rings. The molecule has 5 heteroatoms.